The maximum absolute atomic E-state index is 13.3. The molecule has 2 aliphatic rings. The Bertz CT molecular complexity index is 3090. The standard InChI is InChI=1S/2C30H23ClO6/c2*31-24(22-11-12-27-28(13-22)37-19-36-27)16-26(33)30-25(32)14-23(34-17-20-7-3-1-4-8-20)15-29(30)35-18-21-9-5-2-6-10-21/h2*1-16,32H,17-19H2/b2*24-16-. The first-order valence-electron chi connectivity index (χ1n) is 23.2. The van der Waals surface area contributed by atoms with Crippen LogP contribution in [0.2, 0.25) is 0 Å². The number of rotatable bonds is 18. The highest BCUT2D eigenvalue weighted by molar-refractivity contribution is 6.51. The highest BCUT2D eigenvalue weighted by Crippen LogP contribution is 2.40. The van der Waals surface area contributed by atoms with E-state index < -0.39 is 11.6 Å². The summed E-state index contributed by atoms with van der Waals surface area (Å²) >= 11 is 13.0. The summed E-state index contributed by atoms with van der Waals surface area (Å²) in [7, 11) is 0. The molecule has 2 heterocycles. The smallest absolute Gasteiger partial charge is 0.231 e. The topological polar surface area (TPSA) is 148 Å². The molecular formula is C60H46Cl2O12. The number of benzene rings is 8. The maximum Gasteiger partial charge on any atom is 0.231 e. The second-order valence-electron chi connectivity index (χ2n) is 16.6. The van der Waals surface area contributed by atoms with Gasteiger partial charge < -0.3 is 48.1 Å². The van der Waals surface area contributed by atoms with Crippen molar-refractivity contribution in [2.75, 3.05) is 13.6 Å². The van der Waals surface area contributed by atoms with Gasteiger partial charge in [-0.05, 0) is 69.8 Å². The molecular weight excluding hydrogens is 984 g/mol. The van der Waals surface area contributed by atoms with E-state index in [4.69, 9.17) is 61.1 Å². The van der Waals surface area contributed by atoms with Crippen LogP contribution in [0.3, 0.4) is 0 Å². The summed E-state index contributed by atoms with van der Waals surface area (Å²) in [5.74, 6) is 1.84. The van der Waals surface area contributed by atoms with Crippen molar-refractivity contribution < 1.29 is 57.7 Å². The Balaban J connectivity index is 0.000000182. The lowest BCUT2D eigenvalue weighted by atomic mass is 10.1. The van der Waals surface area contributed by atoms with Crippen molar-refractivity contribution >= 4 is 44.8 Å². The molecule has 2 N–H and O–H groups in total. The molecule has 0 atom stereocenters. The van der Waals surface area contributed by atoms with E-state index in [1.807, 2.05) is 121 Å². The zero-order chi connectivity index (χ0) is 51.2. The van der Waals surface area contributed by atoms with E-state index >= 15 is 0 Å². The summed E-state index contributed by atoms with van der Waals surface area (Å²) in [6.07, 6.45) is 2.49. The molecule has 372 valence electrons. The number of phenolic OH excluding ortho intramolecular Hbond substituents is 2. The third-order valence-electron chi connectivity index (χ3n) is 11.4. The molecule has 74 heavy (non-hydrogen) atoms. The molecule has 0 saturated carbocycles. The zero-order valence-corrected chi connectivity index (χ0v) is 41.0. The fraction of sp³-hybridized carbons (Fsp3) is 0.100. The van der Waals surface area contributed by atoms with E-state index in [2.05, 4.69) is 0 Å². The normalized spacial score (nSPS) is 12.3. The number of hydrogen-bond acceptors (Lipinski definition) is 12. The Hall–Kier alpha value is -8.84. The number of aromatic hydroxyl groups is 2. The van der Waals surface area contributed by atoms with Crippen LogP contribution in [0, 0.1) is 0 Å². The third-order valence-corrected chi connectivity index (χ3v) is 12.0. The average molecular weight is 1030 g/mol. The molecule has 0 unspecified atom stereocenters. The van der Waals surface area contributed by atoms with E-state index in [1.54, 1.807) is 48.5 Å². The Morgan fingerprint density at radius 2 is 0.743 bits per heavy atom. The Morgan fingerprint density at radius 1 is 0.419 bits per heavy atom. The molecule has 12 nitrogen and oxygen atoms in total. The van der Waals surface area contributed by atoms with Gasteiger partial charge in [-0.3, -0.25) is 9.59 Å². The monoisotopic (exact) mass is 1030 g/mol. The van der Waals surface area contributed by atoms with Crippen molar-refractivity contribution in [2.45, 2.75) is 26.4 Å². The summed E-state index contributed by atoms with van der Waals surface area (Å²) in [5.41, 5.74) is 4.87. The third kappa shape index (κ3) is 13.0. The van der Waals surface area contributed by atoms with Gasteiger partial charge in [-0.1, -0.05) is 145 Å². The molecule has 0 bridgehead atoms. The van der Waals surface area contributed by atoms with Crippen LogP contribution in [0.4, 0.5) is 0 Å². The van der Waals surface area contributed by atoms with Crippen molar-refractivity contribution in [1.29, 1.82) is 0 Å². The van der Waals surface area contributed by atoms with Gasteiger partial charge in [-0.2, -0.15) is 0 Å². The van der Waals surface area contributed by atoms with Gasteiger partial charge >= 0.3 is 0 Å². The highest BCUT2D eigenvalue weighted by atomic mass is 35.5. The van der Waals surface area contributed by atoms with Gasteiger partial charge in [0.15, 0.2) is 34.6 Å². The summed E-state index contributed by atoms with van der Waals surface area (Å²) in [6.45, 7) is 1.25. The molecule has 0 spiro atoms. The number of halogens is 2. The van der Waals surface area contributed by atoms with Gasteiger partial charge in [0.05, 0.1) is 10.1 Å². The van der Waals surface area contributed by atoms with Gasteiger partial charge in [-0.25, -0.2) is 0 Å². The second-order valence-corrected chi connectivity index (χ2v) is 17.4. The Kier molecular flexibility index (Phi) is 16.3. The van der Waals surface area contributed by atoms with Crippen LogP contribution in [-0.2, 0) is 26.4 Å². The van der Waals surface area contributed by atoms with Crippen molar-refractivity contribution in [2.24, 2.45) is 0 Å². The average Bonchev–Trinajstić information content (AvgIpc) is 4.11. The molecule has 0 fully saturated rings. The molecule has 0 aliphatic carbocycles. The summed E-state index contributed by atoms with van der Waals surface area (Å²) in [5, 5.41) is 22.1. The van der Waals surface area contributed by atoms with Crippen LogP contribution in [0.15, 0.2) is 194 Å². The van der Waals surface area contributed by atoms with Gasteiger partial charge in [0, 0.05) is 36.4 Å². The van der Waals surface area contributed by atoms with Gasteiger partial charge in [-0.15, -0.1) is 0 Å². The number of phenols is 2. The van der Waals surface area contributed by atoms with Gasteiger partial charge in [0.1, 0.15) is 72.1 Å². The highest BCUT2D eigenvalue weighted by Gasteiger charge is 2.23. The number of fused-ring (bicyclic) bond motifs is 2. The number of carbonyl (C=O) groups excluding carboxylic acids is 2. The minimum absolute atomic E-state index is 0.0121. The molecule has 10 rings (SSSR count). The van der Waals surface area contributed by atoms with Gasteiger partial charge in [0.25, 0.3) is 0 Å². The van der Waals surface area contributed by atoms with E-state index in [-0.39, 0.29) is 71.0 Å². The van der Waals surface area contributed by atoms with Crippen LogP contribution in [0.25, 0.3) is 10.1 Å². The van der Waals surface area contributed by atoms with E-state index in [1.165, 1.54) is 24.3 Å². The van der Waals surface area contributed by atoms with Crippen molar-refractivity contribution in [3.63, 3.8) is 0 Å². The SMILES string of the molecule is O=C(/C=C(\Cl)c1ccc2c(c1)OCO2)c1c(O)cc(OCc2ccccc2)cc1OCc1ccccc1.O=C(/C=C(\Cl)c1ccc2c(c1)OCO2)c1c(O)cc(OCc2ccccc2)cc1OCc1ccccc1. The first-order chi connectivity index (χ1) is 36.1. The minimum atomic E-state index is -0.516. The van der Waals surface area contributed by atoms with Crippen LogP contribution >= 0.6 is 23.2 Å². The predicted octanol–water partition coefficient (Wildman–Crippen LogP) is 13.5. The molecule has 8 aromatic rings. The van der Waals surface area contributed by atoms with Crippen LogP contribution in [0.1, 0.15) is 54.1 Å². The molecule has 0 aromatic heterocycles. The lowest BCUT2D eigenvalue weighted by Crippen LogP contribution is -2.05. The number of hydrogen-bond donors (Lipinski definition) is 2. The van der Waals surface area contributed by atoms with E-state index in [0.29, 0.717) is 58.8 Å². The number of allylic oxidation sites excluding steroid dienone is 2. The van der Waals surface area contributed by atoms with Crippen LogP contribution < -0.4 is 37.9 Å². The lowest BCUT2D eigenvalue weighted by Gasteiger charge is -2.15. The van der Waals surface area contributed by atoms with E-state index in [0.717, 1.165) is 22.3 Å². The maximum atomic E-state index is 13.3. The fourth-order valence-electron chi connectivity index (χ4n) is 7.63. The largest absolute Gasteiger partial charge is 0.507 e. The Morgan fingerprint density at radius 3 is 1.09 bits per heavy atom. The van der Waals surface area contributed by atoms with Gasteiger partial charge in [0.2, 0.25) is 13.6 Å². The second kappa shape index (κ2) is 24.1. The quantitative estimate of drug-likeness (QED) is 0.0622. The molecule has 2 aliphatic heterocycles. The van der Waals surface area contributed by atoms with Crippen LogP contribution in [-0.4, -0.2) is 35.4 Å². The van der Waals surface area contributed by atoms with Crippen LogP contribution in [0.5, 0.6) is 57.5 Å². The molecule has 0 saturated heterocycles. The van der Waals surface area contributed by atoms with Crippen molar-refractivity contribution in [3.8, 4) is 57.5 Å². The summed E-state index contributed by atoms with van der Waals surface area (Å²) in [6, 6.07) is 54.6. The number of ketones is 2. The Labute approximate surface area is 436 Å². The summed E-state index contributed by atoms with van der Waals surface area (Å²) in [4.78, 5) is 26.6. The molecule has 14 heteroatoms. The molecule has 0 amide bonds. The molecule has 8 aromatic carbocycles. The number of carbonyl (C=O) groups is 2. The van der Waals surface area contributed by atoms with Crippen molar-refractivity contribution in [1.82, 2.24) is 0 Å². The van der Waals surface area contributed by atoms with Crippen molar-refractivity contribution in [3.05, 3.63) is 239 Å². The molecule has 0 radical (unpaired) electrons. The predicted molar refractivity (Wildman–Crippen MR) is 281 cm³/mol. The first-order valence-corrected chi connectivity index (χ1v) is 23.9. The lowest BCUT2D eigenvalue weighted by molar-refractivity contribution is 0.103. The fourth-order valence-corrected chi connectivity index (χ4v) is 8.06. The van der Waals surface area contributed by atoms with E-state index in [9.17, 15) is 19.8 Å². The zero-order valence-electron chi connectivity index (χ0n) is 39.5. The first kappa shape index (κ1) is 50.1. The number of ether oxygens (including phenoxy) is 8. The minimum Gasteiger partial charge on any atom is -0.507 e. The summed E-state index contributed by atoms with van der Waals surface area (Å²) < 4.78 is 45.2.